The normalized spacial score (nSPS) is 11.1. The molecule has 0 unspecified atom stereocenters. The molecule has 1 nitrogen and oxygen atoms in total. The van der Waals surface area contributed by atoms with Crippen LogP contribution in [0.1, 0.15) is 0 Å². The summed E-state index contributed by atoms with van der Waals surface area (Å²) in [6.07, 6.45) is 1.91. The van der Waals surface area contributed by atoms with Gasteiger partial charge in [0, 0.05) is 17.1 Å². The van der Waals surface area contributed by atoms with Crippen molar-refractivity contribution in [3.05, 3.63) is 103 Å². The third kappa shape index (κ3) is 2.46. The summed E-state index contributed by atoms with van der Waals surface area (Å²) in [7, 11) is 0. The predicted molar refractivity (Wildman–Crippen MR) is 110 cm³/mol. The summed E-state index contributed by atoms with van der Waals surface area (Å²) < 4.78 is 0. The van der Waals surface area contributed by atoms with Crippen LogP contribution in [0.2, 0.25) is 0 Å². The molecule has 0 amide bonds. The number of rotatable bonds is 2. The molecule has 5 aromatic rings. The van der Waals surface area contributed by atoms with Crippen LogP contribution in [0.15, 0.2) is 103 Å². The molecule has 0 aliphatic carbocycles. The Morgan fingerprint density at radius 1 is 0.423 bits per heavy atom. The Labute approximate surface area is 152 Å². The maximum atomic E-state index is 4.69. The van der Waals surface area contributed by atoms with Gasteiger partial charge in [0.05, 0.1) is 5.69 Å². The van der Waals surface area contributed by atoms with Gasteiger partial charge in [0.25, 0.3) is 0 Å². The van der Waals surface area contributed by atoms with Crippen LogP contribution in [-0.2, 0) is 0 Å². The van der Waals surface area contributed by atoms with E-state index in [4.69, 9.17) is 0 Å². The molecule has 5 rings (SSSR count). The molecule has 1 heterocycles. The second kappa shape index (κ2) is 6.12. The lowest BCUT2D eigenvalue weighted by Crippen LogP contribution is -1.87. The highest BCUT2D eigenvalue weighted by molar-refractivity contribution is 6.11. The molecular weight excluding hydrogens is 314 g/mol. The monoisotopic (exact) mass is 331 g/mol. The lowest BCUT2D eigenvalue weighted by molar-refractivity contribution is 1.36. The Morgan fingerprint density at radius 3 is 1.96 bits per heavy atom. The quantitative estimate of drug-likeness (QED) is 0.327. The van der Waals surface area contributed by atoms with Crippen LogP contribution in [0.4, 0.5) is 0 Å². The lowest BCUT2D eigenvalue weighted by atomic mass is 9.97. The smallest absolute Gasteiger partial charge is 0.0780 e. The summed E-state index contributed by atoms with van der Waals surface area (Å²) in [6.45, 7) is 0. The van der Waals surface area contributed by atoms with Crippen molar-refractivity contribution in [3.8, 4) is 22.4 Å². The molecule has 122 valence electrons. The minimum absolute atomic E-state index is 1.04. The van der Waals surface area contributed by atoms with Crippen molar-refractivity contribution in [1.29, 1.82) is 0 Å². The SMILES string of the molecule is c1ccc(-c2ccc(-c3nccc4c3ccc3ccccc34)cc2)cc1. The second-order valence-electron chi connectivity index (χ2n) is 6.48. The van der Waals surface area contributed by atoms with Crippen LogP contribution in [0.3, 0.4) is 0 Å². The zero-order valence-corrected chi connectivity index (χ0v) is 14.3. The topological polar surface area (TPSA) is 12.9 Å². The summed E-state index contributed by atoms with van der Waals surface area (Å²) >= 11 is 0. The number of hydrogen-bond acceptors (Lipinski definition) is 1. The van der Waals surface area contributed by atoms with Gasteiger partial charge in [-0.3, -0.25) is 4.98 Å². The maximum absolute atomic E-state index is 4.69. The minimum atomic E-state index is 1.04. The average Bonchev–Trinajstić information content (AvgIpc) is 2.74. The van der Waals surface area contributed by atoms with Gasteiger partial charge in [-0.2, -0.15) is 0 Å². The van der Waals surface area contributed by atoms with Gasteiger partial charge in [-0.1, -0.05) is 91.0 Å². The van der Waals surface area contributed by atoms with E-state index in [2.05, 4.69) is 96.0 Å². The third-order valence-corrected chi connectivity index (χ3v) is 4.94. The van der Waals surface area contributed by atoms with E-state index in [0.717, 1.165) is 11.3 Å². The summed E-state index contributed by atoms with van der Waals surface area (Å²) in [4.78, 5) is 4.69. The molecule has 1 aromatic heterocycles. The molecule has 0 saturated heterocycles. The summed E-state index contributed by atoms with van der Waals surface area (Å²) in [5.74, 6) is 0. The van der Waals surface area contributed by atoms with Crippen LogP contribution in [0, 0.1) is 0 Å². The fourth-order valence-electron chi connectivity index (χ4n) is 3.62. The van der Waals surface area contributed by atoms with Crippen molar-refractivity contribution in [2.24, 2.45) is 0 Å². The highest BCUT2D eigenvalue weighted by Gasteiger charge is 2.08. The Hall–Kier alpha value is -3.45. The standard InChI is InChI=1S/C25H17N/c1-2-6-18(7-3-1)19-10-12-21(13-11-19)25-24-15-14-20-8-4-5-9-22(20)23(24)16-17-26-25/h1-17H. The number of hydrogen-bond donors (Lipinski definition) is 0. The van der Waals surface area contributed by atoms with Gasteiger partial charge < -0.3 is 0 Å². The fourth-order valence-corrected chi connectivity index (χ4v) is 3.62. The number of nitrogens with zero attached hydrogens (tertiary/aromatic N) is 1. The average molecular weight is 331 g/mol. The maximum Gasteiger partial charge on any atom is 0.0780 e. The first-order valence-electron chi connectivity index (χ1n) is 8.82. The molecule has 1 heteroatoms. The van der Waals surface area contributed by atoms with E-state index in [9.17, 15) is 0 Å². The van der Waals surface area contributed by atoms with Crippen LogP contribution in [-0.4, -0.2) is 4.98 Å². The van der Waals surface area contributed by atoms with E-state index < -0.39 is 0 Å². The molecule has 0 radical (unpaired) electrons. The fraction of sp³-hybridized carbons (Fsp3) is 0. The Bertz CT molecular complexity index is 1210. The highest BCUT2D eigenvalue weighted by atomic mass is 14.7. The van der Waals surface area contributed by atoms with Gasteiger partial charge in [-0.05, 0) is 33.4 Å². The molecule has 0 aliphatic heterocycles. The van der Waals surface area contributed by atoms with Crippen LogP contribution >= 0.6 is 0 Å². The van der Waals surface area contributed by atoms with E-state index in [1.165, 1.54) is 32.7 Å². The molecule has 0 fully saturated rings. The Morgan fingerprint density at radius 2 is 1.12 bits per heavy atom. The van der Waals surface area contributed by atoms with Crippen LogP contribution in [0.5, 0.6) is 0 Å². The van der Waals surface area contributed by atoms with Crippen molar-refractivity contribution in [1.82, 2.24) is 4.98 Å². The molecule has 0 N–H and O–H groups in total. The van der Waals surface area contributed by atoms with Gasteiger partial charge in [0.2, 0.25) is 0 Å². The molecule has 0 bridgehead atoms. The molecule has 0 atom stereocenters. The van der Waals surface area contributed by atoms with Gasteiger partial charge in [0.1, 0.15) is 0 Å². The van der Waals surface area contributed by atoms with Crippen LogP contribution in [0.25, 0.3) is 43.9 Å². The van der Waals surface area contributed by atoms with Crippen LogP contribution < -0.4 is 0 Å². The van der Waals surface area contributed by atoms with Gasteiger partial charge in [-0.25, -0.2) is 0 Å². The van der Waals surface area contributed by atoms with E-state index in [0.29, 0.717) is 0 Å². The van der Waals surface area contributed by atoms with Crippen molar-refractivity contribution in [2.75, 3.05) is 0 Å². The van der Waals surface area contributed by atoms with Crippen molar-refractivity contribution >= 4 is 21.5 Å². The summed E-state index contributed by atoms with van der Waals surface area (Å²) in [5, 5.41) is 4.98. The predicted octanol–water partition coefficient (Wildman–Crippen LogP) is 6.72. The lowest BCUT2D eigenvalue weighted by Gasteiger charge is -2.09. The second-order valence-corrected chi connectivity index (χ2v) is 6.48. The first-order valence-corrected chi connectivity index (χ1v) is 8.82. The minimum Gasteiger partial charge on any atom is -0.256 e. The van der Waals surface area contributed by atoms with Gasteiger partial charge >= 0.3 is 0 Å². The largest absolute Gasteiger partial charge is 0.256 e. The van der Waals surface area contributed by atoms with Crippen molar-refractivity contribution in [3.63, 3.8) is 0 Å². The van der Waals surface area contributed by atoms with Gasteiger partial charge in [-0.15, -0.1) is 0 Å². The molecular formula is C25H17N. The first-order chi connectivity index (χ1) is 12.9. The molecule has 0 aliphatic rings. The Balaban J connectivity index is 1.66. The zero-order chi connectivity index (χ0) is 17.3. The molecule has 4 aromatic carbocycles. The van der Waals surface area contributed by atoms with E-state index >= 15 is 0 Å². The van der Waals surface area contributed by atoms with E-state index in [1.807, 2.05) is 12.3 Å². The Kier molecular flexibility index (Phi) is 3.50. The first kappa shape index (κ1) is 14.9. The number of aromatic nitrogens is 1. The van der Waals surface area contributed by atoms with Crippen molar-refractivity contribution in [2.45, 2.75) is 0 Å². The number of fused-ring (bicyclic) bond motifs is 3. The zero-order valence-electron chi connectivity index (χ0n) is 14.3. The highest BCUT2D eigenvalue weighted by Crippen LogP contribution is 2.32. The van der Waals surface area contributed by atoms with E-state index in [1.54, 1.807) is 0 Å². The number of pyridine rings is 1. The van der Waals surface area contributed by atoms with Gasteiger partial charge in [0.15, 0.2) is 0 Å². The summed E-state index contributed by atoms with van der Waals surface area (Å²) in [5.41, 5.74) is 4.63. The van der Waals surface area contributed by atoms with Crippen molar-refractivity contribution < 1.29 is 0 Å². The molecule has 26 heavy (non-hydrogen) atoms. The van der Waals surface area contributed by atoms with E-state index in [-0.39, 0.29) is 0 Å². The molecule has 0 saturated carbocycles. The molecule has 0 spiro atoms. The third-order valence-electron chi connectivity index (χ3n) is 4.94. The number of benzene rings is 4. The summed E-state index contributed by atoms with van der Waals surface area (Å²) in [6, 6.07) is 34.1.